The number of carbonyl (C=O) groups is 1. The molecule has 1 atom stereocenters. The van der Waals surface area contributed by atoms with Crippen molar-refractivity contribution in [2.75, 3.05) is 31.9 Å². The molecule has 1 fully saturated rings. The molecule has 0 radical (unpaired) electrons. The van der Waals surface area contributed by atoms with E-state index in [1.165, 1.54) is 12.3 Å². The molecule has 1 unspecified atom stereocenters. The van der Waals surface area contributed by atoms with E-state index in [0.717, 1.165) is 36.9 Å². The number of methoxy groups -OCH3 is 1. The van der Waals surface area contributed by atoms with E-state index in [-0.39, 0.29) is 17.0 Å². The number of carboxylic acid groups (broad SMARTS) is 1. The Hall–Kier alpha value is -2.51. The van der Waals surface area contributed by atoms with Crippen LogP contribution in [0, 0.1) is 5.41 Å². The van der Waals surface area contributed by atoms with Gasteiger partial charge < -0.3 is 19.6 Å². The first kappa shape index (κ1) is 21.7. The summed E-state index contributed by atoms with van der Waals surface area (Å²) in [5.41, 5.74) is 1.83. The van der Waals surface area contributed by atoms with Crippen LogP contribution in [-0.4, -0.2) is 42.6 Å². The third-order valence-electron chi connectivity index (χ3n) is 6.07. The molecule has 4 rings (SSSR count). The summed E-state index contributed by atoms with van der Waals surface area (Å²) < 4.78 is 12.8. The van der Waals surface area contributed by atoms with E-state index >= 15 is 0 Å². The molecule has 3 heterocycles. The number of pyridine rings is 1. The standard InChI is InChI=1S/C23H27ClN2O5/c1-23(2)6-5-18-15-10-21(31-8-4-7-30-3)17(24)9-14(15)19-11-20(27)16(22(28)29)12-25(19)26(18)13-23/h9-12,18H,4-8,13H2,1-3H3,(H,28,29). The summed E-state index contributed by atoms with van der Waals surface area (Å²) in [6.07, 6.45) is 4.13. The van der Waals surface area contributed by atoms with Crippen LogP contribution in [-0.2, 0) is 4.74 Å². The average molecular weight is 447 g/mol. The number of piperidine rings is 1. The molecular weight excluding hydrogens is 420 g/mol. The van der Waals surface area contributed by atoms with Crippen molar-refractivity contribution in [1.82, 2.24) is 4.68 Å². The number of benzene rings is 1. The first-order valence-electron chi connectivity index (χ1n) is 10.4. The molecule has 2 aromatic rings. The van der Waals surface area contributed by atoms with Crippen LogP contribution in [0.5, 0.6) is 5.75 Å². The number of hydrogen-bond donors (Lipinski definition) is 1. The number of rotatable bonds is 6. The molecule has 0 amide bonds. The topological polar surface area (TPSA) is 81.0 Å². The second-order valence-corrected chi connectivity index (χ2v) is 9.37. The number of halogens is 1. The predicted molar refractivity (Wildman–Crippen MR) is 119 cm³/mol. The molecule has 0 bridgehead atoms. The van der Waals surface area contributed by atoms with Gasteiger partial charge in [0, 0.05) is 44.5 Å². The highest BCUT2D eigenvalue weighted by molar-refractivity contribution is 6.32. The number of aromatic carboxylic acids is 1. The summed E-state index contributed by atoms with van der Waals surface area (Å²) >= 11 is 6.53. The SMILES string of the molecule is COCCCOc1cc2c(cc1Cl)-c1cc(=O)c(C(=O)O)cn1N1CC(C)(C)CCC21. The minimum absolute atomic E-state index is 0.0401. The highest BCUT2D eigenvalue weighted by Crippen LogP contribution is 2.47. The molecule has 1 N–H and O–H groups in total. The lowest BCUT2D eigenvalue weighted by Gasteiger charge is -2.49. The van der Waals surface area contributed by atoms with Gasteiger partial charge in [-0.05, 0) is 36.0 Å². The van der Waals surface area contributed by atoms with Crippen LogP contribution in [0.4, 0.5) is 0 Å². The van der Waals surface area contributed by atoms with Crippen molar-refractivity contribution in [3.8, 4) is 17.0 Å². The van der Waals surface area contributed by atoms with Gasteiger partial charge in [-0.25, -0.2) is 4.79 Å². The highest BCUT2D eigenvalue weighted by atomic mass is 35.5. The molecule has 0 spiro atoms. The normalized spacial score (nSPS) is 18.7. The lowest BCUT2D eigenvalue weighted by Crippen LogP contribution is -2.51. The van der Waals surface area contributed by atoms with Crippen LogP contribution in [0.25, 0.3) is 11.3 Å². The van der Waals surface area contributed by atoms with Gasteiger partial charge in [0.2, 0.25) is 0 Å². The first-order chi connectivity index (χ1) is 14.7. The predicted octanol–water partition coefficient (Wildman–Crippen LogP) is 4.09. The molecule has 2 aliphatic rings. The van der Waals surface area contributed by atoms with Crippen molar-refractivity contribution in [1.29, 1.82) is 0 Å². The van der Waals surface area contributed by atoms with Crippen LogP contribution >= 0.6 is 11.6 Å². The zero-order chi connectivity index (χ0) is 22.3. The minimum atomic E-state index is -1.23. The third-order valence-corrected chi connectivity index (χ3v) is 6.37. The molecule has 31 heavy (non-hydrogen) atoms. The van der Waals surface area contributed by atoms with Crippen LogP contribution in [0.15, 0.2) is 29.2 Å². The molecule has 166 valence electrons. The Balaban J connectivity index is 1.84. The maximum atomic E-state index is 12.5. The summed E-state index contributed by atoms with van der Waals surface area (Å²) in [6.45, 7) is 6.23. The fraction of sp³-hybridized carbons (Fsp3) is 0.478. The number of carboxylic acids is 1. The second-order valence-electron chi connectivity index (χ2n) is 8.97. The van der Waals surface area contributed by atoms with Gasteiger partial charge in [0.1, 0.15) is 11.3 Å². The van der Waals surface area contributed by atoms with E-state index in [9.17, 15) is 14.7 Å². The van der Waals surface area contributed by atoms with Gasteiger partial charge >= 0.3 is 5.97 Å². The lowest BCUT2D eigenvalue weighted by atomic mass is 9.78. The van der Waals surface area contributed by atoms with Crippen LogP contribution in [0.2, 0.25) is 5.02 Å². The van der Waals surface area contributed by atoms with E-state index in [4.69, 9.17) is 21.1 Å². The molecular formula is C23H27ClN2O5. The first-order valence-corrected chi connectivity index (χ1v) is 10.8. The molecule has 0 saturated carbocycles. The summed E-state index contributed by atoms with van der Waals surface area (Å²) in [7, 11) is 1.65. The monoisotopic (exact) mass is 446 g/mol. The zero-order valence-corrected chi connectivity index (χ0v) is 18.7. The largest absolute Gasteiger partial charge is 0.492 e. The van der Waals surface area contributed by atoms with Gasteiger partial charge in [0.05, 0.1) is 23.4 Å². The average Bonchev–Trinajstić information content (AvgIpc) is 2.70. The van der Waals surface area contributed by atoms with Crippen molar-refractivity contribution >= 4 is 17.6 Å². The summed E-state index contributed by atoms with van der Waals surface area (Å²) in [4.78, 5) is 24.1. The summed E-state index contributed by atoms with van der Waals surface area (Å²) in [5.74, 6) is -0.615. The fourth-order valence-electron chi connectivity index (χ4n) is 4.51. The Labute approximate surface area is 186 Å². The van der Waals surface area contributed by atoms with Crippen molar-refractivity contribution in [3.05, 3.63) is 50.8 Å². The Morgan fingerprint density at radius 2 is 2.06 bits per heavy atom. The Bertz CT molecular complexity index is 1080. The van der Waals surface area contributed by atoms with Crippen molar-refractivity contribution in [2.45, 2.75) is 39.2 Å². The second kappa shape index (κ2) is 8.20. The van der Waals surface area contributed by atoms with Crippen LogP contribution < -0.4 is 15.2 Å². The quantitative estimate of drug-likeness (QED) is 0.673. The molecule has 2 aliphatic heterocycles. The summed E-state index contributed by atoms with van der Waals surface area (Å²) in [6, 6.07) is 5.23. The number of fused-ring (bicyclic) bond motifs is 6. The Kier molecular flexibility index (Phi) is 5.75. The lowest BCUT2D eigenvalue weighted by molar-refractivity contribution is 0.0694. The number of aromatic nitrogens is 1. The molecule has 1 aromatic carbocycles. The van der Waals surface area contributed by atoms with E-state index in [1.807, 2.05) is 16.8 Å². The molecule has 1 aromatic heterocycles. The van der Waals surface area contributed by atoms with Gasteiger partial charge in [-0.2, -0.15) is 0 Å². The maximum absolute atomic E-state index is 12.5. The van der Waals surface area contributed by atoms with E-state index in [1.54, 1.807) is 7.11 Å². The van der Waals surface area contributed by atoms with Crippen LogP contribution in [0.3, 0.4) is 0 Å². The molecule has 0 aliphatic carbocycles. The van der Waals surface area contributed by atoms with E-state index in [2.05, 4.69) is 18.9 Å². The molecule has 7 nitrogen and oxygen atoms in total. The van der Waals surface area contributed by atoms with Gasteiger partial charge in [0.15, 0.2) is 5.43 Å². The Morgan fingerprint density at radius 3 is 2.77 bits per heavy atom. The van der Waals surface area contributed by atoms with Crippen molar-refractivity contribution in [2.24, 2.45) is 5.41 Å². The number of nitrogens with zero attached hydrogens (tertiary/aromatic N) is 2. The number of hydrogen-bond acceptors (Lipinski definition) is 5. The van der Waals surface area contributed by atoms with Crippen LogP contribution in [0.1, 0.15) is 55.1 Å². The third kappa shape index (κ3) is 4.04. The van der Waals surface area contributed by atoms with Gasteiger partial charge in [-0.15, -0.1) is 0 Å². The molecule has 8 heteroatoms. The van der Waals surface area contributed by atoms with Crippen molar-refractivity contribution in [3.63, 3.8) is 0 Å². The van der Waals surface area contributed by atoms with Crippen molar-refractivity contribution < 1.29 is 19.4 Å². The van der Waals surface area contributed by atoms with E-state index < -0.39 is 11.4 Å². The Morgan fingerprint density at radius 1 is 1.29 bits per heavy atom. The minimum Gasteiger partial charge on any atom is -0.492 e. The van der Waals surface area contributed by atoms with E-state index in [0.29, 0.717) is 29.7 Å². The highest BCUT2D eigenvalue weighted by Gasteiger charge is 2.39. The summed E-state index contributed by atoms with van der Waals surface area (Å²) in [5, 5.41) is 12.1. The van der Waals surface area contributed by atoms with Gasteiger partial charge in [-0.3, -0.25) is 9.47 Å². The van der Waals surface area contributed by atoms with Gasteiger partial charge in [-0.1, -0.05) is 25.4 Å². The molecule has 1 saturated heterocycles. The fourth-order valence-corrected chi connectivity index (χ4v) is 4.73. The smallest absolute Gasteiger partial charge is 0.341 e. The number of ether oxygens (including phenoxy) is 2. The van der Waals surface area contributed by atoms with Gasteiger partial charge in [0.25, 0.3) is 0 Å². The maximum Gasteiger partial charge on any atom is 0.341 e. The zero-order valence-electron chi connectivity index (χ0n) is 18.0.